The third-order valence-electron chi connectivity index (χ3n) is 1.87. The molecule has 1 aromatic heterocycles. The smallest absolute Gasteiger partial charge is 0.184 e. The van der Waals surface area contributed by atoms with Gasteiger partial charge in [-0.3, -0.25) is 5.43 Å². The van der Waals surface area contributed by atoms with E-state index >= 15 is 0 Å². The van der Waals surface area contributed by atoms with Crippen LogP contribution in [0.4, 0.5) is 0 Å². The first-order chi connectivity index (χ1) is 7.27. The van der Waals surface area contributed by atoms with E-state index in [2.05, 4.69) is 22.7 Å². The Labute approximate surface area is 91.4 Å². The minimum absolute atomic E-state index is 0.139. The predicted octanol–water partition coefficient (Wildman–Crippen LogP) is 1.08. The Bertz CT molecular complexity index is 556. The first kappa shape index (κ1) is 9.67. The largest absolute Gasteiger partial charge is 0.464 e. The van der Waals surface area contributed by atoms with Crippen LogP contribution in [0.1, 0.15) is 0 Å². The maximum absolute atomic E-state index is 5.31. The summed E-state index contributed by atoms with van der Waals surface area (Å²) in [6.07, 6.45) is 1.57. The fraction of sp³-hybridized carbons (Fsp3) is 0. The van der Waals surface area contributed by atoms with Crippen molar-refractivity contribution in [1.29, 1.82) is 0 Å². The van der Waals surface area contributed by atoms with Crippen LogP contribution < -0.4 is 16.5 Å². The molecule has 3 N–H and O–H groups in total. The Morgan fingerprint density at radius 3 is 2.93 bits per heavy atom. The summed E-state index contributed by atoms with van der Waals surface area (Å²) >= 11 is 4.67. The first-order valence-electron chi connectivity index (χ1n) is 4.33. The van der Waals surface area contributed by atoms with Crippen molar-refractivity contribution >= 4 is 28.3 Å². The van der Waals surface area contributed by atoms with Gasteiger partial charge in [0.15, 0.2) is 5.11 Å². The normalized spacial score (nSPS) is 11.6. The fourth-order valence-corrected chi connectivity index (χ4v) is 1.30. The highest BCUT2D eigenvalue weighted by Crippen LogP contribution is 2.07. The lowest BCUT2D eigenvalue weighted by molar-refractivity contribution is 0.601. The summed E-state index contributed by atoms with van der Waals surface area (Å²) in [6, 6.07) is 9.34. The molecule has 0 unspecified atom stereocenters. The van der Waals surface area contributed by atoms with Gasteiger partial charge < -0.3 is 10.2 Å². The molecule has 5 heteroatoms. The topological polar surface area (TPSA) is 63.5 Å². The van der Waals surface area contributed by atoms with Crippen LogP contribution in [0.15, 0.2) is 46.1 Å². The van der Waals surface area contributed by atoms with E-state index in [0.717, 1.165) is 16.3 Å². The summed E-state index contributed by atoms with van der Waals surface area (Å²) < 4.78 is 5.31. The van der Waals surface area contributed by atoms with Gasteiger partial charge in [0.2, 0.25) is 0 Å². The second-order valence-electron chi connectivity index (χ2n) is 2.89. The first-order valence-corrected chi connectivity index (χ1v) is 4.74. The highest BCUT2D eigenvalue weighted by Gasteiger charge is 1.95. The molecule has 0 saturated heterocycles. The molecule has 2 rings (SSSR count). The molecule has 0 aliphatic rings. The van der Waals surface area contributed by atoms with Crippen LogP contribution in [0.25, 0.3) is 11.0 Å². The number of nitrogens with zero attached hydrogens (tertiary/aromatic N) is 1. The van der Waals surface area contributed by atoms with Gasteiger partial charge in [-0.25, -0.2) is 0 Å². The van der Waals surface area contributed by atoms with Crippen molar-refractivity contribution in [2.45, 2.75) is 0 Å². The molecule has 1 heterocycles. The predicted molar refractivity (Wildman–Crippen MR) is 61.7 cm³/mol. The van der Waals surface area contributed by atoms with Gasteiger partial charge in [0.25, 0.3) is 0 Å². The molecule has 0 fully saturated rings. The van der Waals surface area contributed by atoms with Gasteiger partial charge >= 0.3 is 0 Å². The van der Waals surface area contributed by atoms with E-state index in [1.54, 1.807) is 12.3 Å². The van der Waals surface area contributed by atoms with Crippen molar-refractivity contribution in [2.75, 3.05) is 0 Å². The van der Waals surface area contributed by atoms with Gasteiger partial charge in [-0.2, -0.15) is 5.10 Å². The van der Waals surface area contributed by atoms with E-state index in [9.17, 15) is 0 Å². The third kappa shape index (κ3) is 2.13. The van der Waals surface area contributed by atoms with Crippen molar-refractivity contribution < 1.29 is 4.42 Å². The van der Waals surface area contributed by atoms with Gasteiger partial charge in [-0.1, -0.05) is 12.1 Å². The molecule has 0 aliphatic heterocycles. The lowest BCUT2D eigenvalue weighted by atomic mass is 10.2. The lowest BCUT2D eigenvalue weighted by Crippen LogP contribution is -2.26. The number of thiocarbonyl (C=S) groups is 1. The summed E-state index contributed by atoms with van der Waals surface area (Å²) in [7, 11) is 0. The van der Waals surface area contributed by atoms with Crippen LogP contribution in [0.2, 0.25) is 0 Å². The van der Waals surface area contributed by atoms with Crippen LogP contribution in [-0.2, 0) is 0 Å². The van der Waals surface area contributed by atoms with Crippen molar-refractivity contribution in [3.05, 3.63) is 42.0 Å². The van der Waals surface area contributed by atoms with E-state index in [1.165, 1.54) is 0 Å². The number of fused-ring (bicyclic) bond motifs is 1. The Hall–Kier alpha value is -1.88. The monoisotopic (exact) mass is 219 g/mol. The average Bonchev–Trinajstić information content (AvgIpc) is 2.26. The minimum Gasteiger partial charge on any atom is -0.464 e. The molecule has 0 amide bonds. The number of benzene rings is 1. The quantitative estimate of drug-likeness (QED) is 0.556. The number of nitrogens with one attached hydrogen (secondary N) is 1. The standard InChI is InChI=1S/C10H9N3OS/c11-10(15)13-12-8-5-6-14-9-4-2-1-3-7(8)9/h1-6H,(H3,11,13,15). The number of hydrogen-bond acceptors (Lipinski definition) is 3. The van der Waals surface area contributed by atoms with E-state index in [4.69, 9.17) is 10.2 Å². The SMILES string of the molecule is NC(=S)NN=c1ccoc2ccccc12. The highest BCUT2D eigenvalue weighted by molar-refractivity contribution is 7.80. The number of nitrogens with two attached hydrogens (primary N) is 1. The average molecular weight is 219 g/mol. The third-order valence-corrected chi connectivity index (χ3v) is 1.96. The van der Waals surface area contributed by atoms with Gasteiger partial charge in [-0.15, -0.1) is 0 Å². The van der Waals surface area contributed by atoms with E-state index in [0.29, 0.717) is 0 Å². The van der Waals surface area contributed by atoms with Crippen LogP contribution in [0, 0.1) is 0 Å². The maximum atomic E-state index is 5.31. The lowest BCUT2D eigenvalue weighted by Gasteiger charge is -1.97. The van der Waals surface area contributed by atoms with Crippen molar-refractivity contribution in [1.82, 2.24) is 5.43 Å². The summed E-state index contributed by atoms with van der Waals surface area (Å²) in [6.45, 7) is 0. The molecular formula is C10H9N3OS. The molecule has 2 aromatic rings. The zero-order valence-electron chi connectivity index (χ0n) is 7.81. The molecule has 0 radical (unpaired) electrons. The van der Waals surface area contributed by atoms with Crippen molar-refractivity contribution in [2.24, 2.45) is 10.8 Å². The molecule has 0 atom stereocenters. The summed E-state index contributed by atoms with van der Waals surface area (Å²) in [5.74, 6) is 0. The van der Waals surface area contributed by atoms with E-state index in [-0.39, 0.29) is 5.11 Å². The minimum atomic E-state index is 0.139. The Balaban J connectivity index is 2.60. The Kier molecular flexibility index (Phi) is 2.64. The number of hydrogen-bond donors (Lipinski definition) is 2. The molecule has 0 bridgehead atoms. The molecule has 4 nitrogen and oxygen atoms in total. The van der Waals surface area contributed by atoms with E-state index in [1.807, 2.05) is 24.3 Å². The Morgan fingerprint density at radius 2 is 2.13 bits per heavy atom. The molecule has 0 saturated carbocycles. The summed E-state index contributed by atoms with van der Waals surface area (Å²) in [4.78, 5) is 0. The molecule has 0 aliphatic carbocycles. The summed E-state index contributed by atoms with van der Waals surface area (Å²) in [5.41, 5.74) is 8.60. The summed E-state index contributed by atoms with van der Waals surface area (Å²) in [5, 5.41) is 5.84. The van der Waals surface area contributed by atoms with Crippen molar-refractivity contribution in [3.8, 4) is 0 Å². The highest BCUT2D eigenvalue weighted by atomic mass is 32.1. The van der Waals surface area contributed by atoms with Crippen LogP contribution in [0.3, 0.4) is 0 Å². The molecule has 0 spiro atoms. The van der Waals surface area contributed by atoms with Crippen LogP contribution in [-0.4, -0.2) is 5.11 Å². The second-order valence-corrected chi connectivity index (χ2v) is 3.33. The zero-order valence-corrected chi connectivity index (χ0v) is 8.62. The van der Waals surface area contributed by atoms with E-state index < -0.39 is 0 Å². The molecule has 1 aromatic carbocycles. The Morgan fingerprint density at radius 1 is 1.33 bits per heavy atom. The molecule has 76 valence electrons. The zero-order chi connectivity index (χ0) is 10.7. The van der Waals surface area contributed by atoms with Gasteiger partial charge in [-0.05, 0) is 24.4 Å². The number of para-hydroxylation sites is 1. The molecule has 15 heavy (non-hydrogen) atoms. The van der Waals surface area contributed by atoms with Crippen LogP contribution >= 0.6 is 12.2 Å². The maximum Gasteiger partial charge on any atom is 0.184 e. The van der Waals surface area contributed by atoms with Crippen molar-refractivity contribution in [3.63, 3.8) is 0 Å². The van der Waals surface area contributed by atoms with Gasteiger partial charge in [0.05, 0.1) is 11.6 Å². The molecular weight excluding hydrogens is 210 g/mol. The fourth-order valence-electron chi connectivity index (χ4n) is 1.26. The van der Waals surface area contributed by atoms with Gasteiger partial charge in [0.1, 0.15) is 5.58 Å². The van der Waals surface area contributed by atoms with Gasteiger partial charge in [0, 0.05) is 11.5 Å². The second kappa shape index (κ2) is 4.10. The van der Waals surface area contributed by atoms with Crippen LogP contribution in [0.5, 0.6) is 0 Å². The number of rotatable bonds is 1.